The standard InChI is InChI=1S/C17H22O7/c1-14-5-4-6-15(2)10(14)9(23-12(14)19)11-17(24-11)13(21-3)22-8(18)7-16(15,17)20/h9-11,13,20H,4-7H2,1-3H3/t9-,10-,11+,13-,14-,15-,16-,17+/m0/s1. The summed E-state index contributed by atoms with van der Waals surface area (Å²) in [6.45, 7) is 3.89. The first-order valence-electron chi connectivity index (χ1n) is 8.58. The van der Waals surface area contributed by atoms with Crippen molar-refractivity contribution in [3.63, 3.8) is 0 Å². The quantitative estimate of drug-likeness (QED) is 0.550. The van der Waals surface area contributed by atoms with E-state index in [1.54, 1.807) is 0 Å². The lowest BCUT2D eigenvalue weighted by atomic mass is 9.43. The minimum absolute atomic E-state index is 0.145. The molecule has 0 aromatic rings. The second-order valence-electron chi connectivity index (χ2n) is 8.46. The van der Waals surface area contributed by atoms with Crippen LogP contribution in [0.3, 0.4) is 0 Å². The van der Waals surface area contributed by atoms with E-state index in [1.807, 2.05) is 13.8 Å². The van der Waals surface area contributed by atoms with Crippen LogP contribution in [0.4, 0.5) is 0 Å². The normalized spacial score (nSPS) is 60.5. The number of aliphatic hydroxyl groups is 1. The zero-order chi connectivity index (χ0) is 17.1. The van der Waals surface area contributed by atoms with Crippen LogP contribution in [0, 0.1) is 16.7 Å². The van der Waals surface area contributed by atoms with Gasteiger partial charge in [0.05, 0.1) is 11.8 Å². The van der Waals surface area contributed by atoms with Crippen LogP contribution in [0.1, 0.15) is 39.5 Å². The Morgan fingerprint density at radius 3 is 2.67 bits per heavy atom. The van der Waals surface area contributed by atoms with Gasteiger partial charge in [-0.3, -0.25) is 9.59 Å². The number of rotatable bonds is 1. The molecule has 0 aromatic heterocycles. The Hall–Kier alpha value is -1.18. The molecular formula is C17H22O7. The van der Waals surface area contributed by atoms with Gasteiger partial charge in [-0.1, -0.05) is 13.3 Å². The molecule has 7 nitrogen and oxygen atoms in total. The van der Waals surface area contributed by atoms with Crippen LogP contribution >= 0.6 is 0 Å². The molecule has 3 heterocycles. The van der Waals surface area contributed by atoms with E-state index in [1.165, 1.54) is 7.11 Å². The Morgan fingerprint density at radius 1 is 1.21 bits per heavy atom. The average molecular weight is 338 g/mol. The molecule has 5 rings (SSSR count). The Bertz CT molecular complexity index is 663. The summed E-state index contributed by atoms with van der Waals surface area (Å²) in [5.74, 6) is -0.903. The van der Waals surface area contributed by atoms with Crippen LogP contribution in [0.5, 0.6) is 0 Å². The van der Waals surface area contributed by atoms with E-state index in [4.69, 9.17) is 18.9 Å². The van der Waals surface area contributed by atoms with Crippen molar-refractivity contribution in [2.24, 2.45) is 16.7 Å². The Balaban J connectivity index is 1.72. The zero-order valence-corrected chi connectivity index (χ0v) is 14.0. The van der Waals surface area contributed by atoms with Crippen molar-refractivity contribution in [3.05, 3.63) is 0 Å². The number of cyclic esters (lactones) is 1. The van der Waals surface area contributed by atoms with E-state index < -0.39 is 46.5 Å². The average Bonchev–Trinajstić information content (AvgIpc) is 3.20. The largest absolute Gasteiger partial charge is 0.459 e. The molecule has 7 heteroatoms. The van der Waals surface area contributed by atoms with Gasteiger partial charge in [-0.2, -0.15) is 0 Å². The maximum atomic E-state index is 12.6. The fraction of sp³-hybridized carbons (Fsp3) is 0.882. The molecule has 2 saturated carbocycles. The monoisotopic (exact) mass is 338 g/mol. The summed E-state index contributed by atoms with van der Waals surface area (Å²) in [5.41, 5.74) is -3.90. The molecule has 2 aliphatic carbocycles. The number of hydrogen-bond donors (Lipinski definition) is 1. The number of carbonyl (C=O) groups excluding carboxylic acids is 2. The first-order valence-corrected chi connectivity index (χ1v) is 8.58. The van der Waals surface area contributed by atoms with Crippen LogP contribution in [0.15, 0.2) is 0 Å². The van der Waals surface area contributed by atoms with Crippen molar-refractivity contribution in [1.29, 1.82) is 0 Å². The molecule has 1 N–H and O–H groups in total. The Morgan fingerprint density at radius 2 is 1.96 bits per heavy atom. The molecule has 8 atom stereocenters. The molecule has 0 radical (unpaired) electrons. The van der Waals surface area contributed by atoms with E-state index in [9.17, 15) is 14.7 Å². The summed E-state index contributed by atoms with van der Waals surface area (Å²) in [4.78, 5) is 24.8. The molecule has 3 saturated heterocycles. The molecule has 0 amide bonds. The van der Waals surface area contributed by atoms with Crippen LogP contribution in [0.2, 0.25) is 0 Å². The van der Waals surface area contributed by atoms with Gasteiger partial charge in [-0.25, -0.2) is 0 Å². The van der Waals surface area contributed by atoms with Crippen LogP contribution < -0.4 is 0 Å². The van der Waals surface area contributed by atoms with Gasteiger partial charge in [0, 0.05) is 18.4 Å². The third-order valence-electron chi connectivity index (χ3n) is 7.58. The maximum absolute atomic E-state index is 12.6. The van der Waals surface area contributed by atoms with E-state index in [-0.39, 0.29) is 18.3 Å². The number of carbonyl (C=O) groups is 2. The summed E-state index contributed by atoms with van der Waals surface area (Å²) in [7, 11) is 1.43. The topological polar surface area (TPSA) is 94.6 Å². The zero-order valence-electron chi connectivity index (χ0n) is 14.0. The fourth-order valence-corrected chi connectivity index (χ4v) is 6.49. The number of esters is 2. The second kappa shape index (κ2) is 3.97. The molecule has 5 aliphatic rings. The van der Waals surface area contributed by atoms with Crippen molar-refractivity contribution in [2.45, 2.75) is 69.2 Å². The fourth-order valence-electron chi connectivity index (χ4n) is 6.49. The minimum atomic E-state index is -1.43. The number of hydrogen-bond acceptors (Lipinski definition) is 7. The lowest BCUT2D eigenvalue weighted by Gasteiger charge is -2.61. The van der Waals surface area contributed by atoms with Gasteiger partial charge in [-0.05, 0) is 19.8 Å². The molecule has 132 valence electrons. The molecule has 0 aromatic carbocycles. The molecule has 3 aliphatic heterocycles. The van der Waals surface area contributed by atoms with E-state index in [0.29, 0.717) is 6.42 Å². The first kappa shape index (κ1) is 15.1. The van der Waals surface area contributed by atoms with Crippen molar-refractivity contribution < 1.29 is 33.6 Å². The maximum Gasteiger partial charge on any atom is 0.312 e. The Labute approximate surface area is 139 Å². The van der Waals surface area contributed by atoms with Gasteiger partial charge >= 0.3 is 11.9 Å². The Kier molecular flexibility index (Phi) is 2.50. The van der Waals surface area contributed by atoms with Gasteiger partial charge in [0.1, 0.15) is 17.8 Å². The highest BCUT2D eigenvalue weighted by Gasteiger charge is 2.90. The molecule has 0 bridgehead atoms. The molecular weight excluding hydrogens is 316 g/mol. The number of fused-ring (bicyclic) bond motifs is 2. The van der Waals surface area contributed by atoms with Crippen LogP contribution in [0.25, 0.3) is 0 Å². The highest BCUT2D eigenvalue weighted by molar-refractivity contribution is 5.81. The summed E-state index contributed by atoms with van der Waals surface area (Å²) in [6.07, 6.45) is 0.174. The molecule has 5 fully saturated rings. The van der Waals surface area contributed by atoms with Crippen molar-refractivity contribution in [1.82, 2.24) is 0 Å². The summed E-state index contributed by atoms with van der Waals surface area (Å²) >= 11 is 0. The predicted molar refractivity (Wildman–Crippen MR) is 77.5 cm³/mol. The number of ether oxygens (including phenoxy) is 4. The minimum Gasteiger partial charge on any atom is -0.459 e. The summed E-state index contributed by atoms with van der Waals surface area (Å²) in [6, 6.07) is 0. The van der Waals surface area contributed by atoms with Crippen molar-refractivity contribution in [3.8, 4) is 0 Å². The van der Waals surface area contributed by atoms with Gasteiger partial charge in [-0.15, -0.1) is 0 Å². The molecule has 0 unspecified atom stereocenters. The van der Waals surface area contributed by atoms with Crippen LogP contribution in [-0.2, 0) is 28.5 Å². The van der Waals surface area contributed by atoms with Gasteiger partial charge in [0.15, 0.2) is 5.60 Å². The van der Waals surface area contributed by atoms with Gasteiger partial charge in [0.25, 0.3) is 0 Å². The second-order valence-corrected chi connectivity index (χ2v) is 8.46. The smallest absolute Gasteiger partial charge is 0.312 e. The highest BCUT2D eigenvalue weighted by atomic mass is 16.8. The SMILES string of the molecule is CO[C@H]1OC(=O)C[C@@]2(O)[C@]13O[C@@H]3[C@H]1OC(=O)[C@@]3(C)CCC[C@@]2(C)[C@@H]13. The van der Waals surface area contributed by atoms with Crippen molar-refractivity contribution in [2.75, 3.05) is 7.11 Å². The molecule has 24 heavy (non-hydrogen) atoms. The molecule has 1 spiro atoms. The van der Waals surface area contributed by atoms with Gasteiger partial charge < -0.3 is 24.1 Å². The lowest BCUT2D eigenvalue weighted by molar-refractivity contribution is -0.287. The van der Waals surface area contributed by atoms with Crippen LogP contribution in [-0.4, -0.2) is 53.9 Å². The van der Waals surface area contributed by atoms with E-state index >= 15 is 0 Å². The predicted octanol–water partition coefficient (Wildman–Crippen LogP) is 0.526. The third kappa shape index (κ3) is 1.25. The third-order valence-corrected chi connectivity index (χ3v) is 7.58. The van der Waals surface area contributed by atoms with E-state index in [2.05, 4.69) is 0 Å². The van der Waals surface area contributed by atoms with Crippen molar-refractivity contribution >= 4 is 11.9 Å². The number of epoxide rings is 1. The number of methoxy groups -OCH3 is 1. The lowest BCUT2D eigenvalue weighted by Crippen LogP contribution is -2.75. The highest BCUT2D eigenvalue weighted by Crippen LogP contribution is 2.74. The van der Waals surface area contributed by atoms with Gasteiger partial charge in [0.2, 0.25) is 6.29 Å². The summed E-state index contributed by atoms with van der Waals surface area (Å²) < 4.78 is 22.4. The summed E-state index contributed by atoms with van der Waals surface area (Å²) in [5, 5.41) is 11.8. The van der Waals surface area contributed by atoms with E-state index in [0.717, 1.165) is 12.8 Å². The first-order chi connectivity index (χ1) is 11.2.